The summed E-state index contributed by atoms with van der Waals surface area (Å²) >= 11 is 5.89. The third-order valence-corrected chi connectivity index (χ3v) is 4.18. The summed E-state index contributed by atoms with van der Waals surface area (Å²) in [5.41, 5.74) is 0.746. The number of halogens is 1. The molecule has 108 valence electrons. The molecule has 1 aliphatic heterocycles. The smallest absolute Gasteiger partial charge is 0.238 e. The summed E-state index contributed by atoms with van der Waals surface area (Å²) in [6, 6.07) is 8.48. The van der Waals surface area contributed by atoms with Gasteiger partial charge in [0.1, 0.15) is 0 Å². The van der Waals surface area contributed by atoms with Crippen LogP contribution in [0.3, 0.4) is 0 Å². The van der Waals surface area contributed by atoms with Gasteiger partial charge in [-0.1, -0.05) is 17.7 Å². The number of carbonyl (C=O) groups is 1. The van der Waals surface area contributed by atoms with Gasteiger partial charge in [0.05, 0.1) is 6.54 Å². The number of carbonyl (C=O) groups excluding carboxylic acids is 1. The first-order valence-electron chi connectivity index (χ1n) is 7.23. The number of nitrogens with one attached hydrogen (secondary N) is 2. The molecule has 5 heteroatoms. The van der Waals surface area contributed by atoms with Gasteiger partial charge in [0.25, 0.3) is 0 Å². The SMILES string of the molecule is O=C(CNC1CCN(C2CC2)C1)Nc1cccc(Cl)c1. The van der Waals surface area contributed by atoms with E-state index < -0.39 is 0 Å². The van der Waals surface area contributed by atoms with E-state index >= 15 is 0 Å². The van der Waals surface area contributed by atoms with Crippen molar-refractivity contribution in [3.8, 4) is 0 Å². The molecule has 1 heterocycles. The first kappa shape index (κ1) is 13.9. The number of anilines is 1. The predicted molar refractivity (Wildman–Crippen MR) is 81.1 cm³/mol. The summed E-state index contributed by atoms with van der Waals surface area (Å²) in [7, 11) is 0. The van der Waals surface area contributed by atoms with Crippen molar-refractivity contribution in [2.24, 2.45) is 0 Å². The van der Waals surface area contributed by atoms with Gasteiger partial charge < -0.3 is 10.6 Å². The quantitative estimate of drug-likeness (QED) is 0.874. The third-order valence-electron chi connectivity index (χ3n) is 3.94. The van der Waals surface area contributed by atoms with Gasteiger partial charge in [0, 0.05) is 35.9 Å². The number of amides is 1. The van der Waals surface area contributed by atoms with E-state index in [-0.39, 0.29) is 5.91 Å². The number of hydrogen-bond acceptors (Lipinski definition) is 3. The van der Waals surface area contributed by atoms with Gasteiger partial charge in [0.2, 0.25) is 5.91 Å². The summed E-state index contributed by atoms with van der Waals surface area (Å²) in [6.07, 6.45) is 3.84. The number of benzene rings is 1. The van der Waals surface area contributed by atoms with E-state index in [0.29, 0.717) is 17.6 Å². The minimum atomic E-state index is -0.0165. The van der Waals surface area contributed by atoms with Crippen LogP contribution in [0.5, 0.6) is 0 Å². The van der Waals surface area contributed by atoms with E-state index in [9.17, 15) is 4.79 Å². The zero-order valence-corrected chi connectivity index (χ0v) is 12.2. The van der Waals surface area contributed by atoms with Crippen molar-refractivity contribution in [2.75, 3.05) is 25.0 Å². The highest BCUT2D eigenvalue weighted by molar-refractivity contribution is 6.30. The molecule has 1 aromatic carbocycles. The molecule has 1 unspecified atom stereocenters. The summed E-state index contributed by atoms with van der Waals surface area (Å²) in [6.45, 7) is 2.60. The molecule has 0 bridgehead atoms. The van der Waals surface area contributed by atoms with Crippen molar-refractivity contribution in [2.45, 2.75) is 31.3 Å². The van der Waals surface area contributed by atoms with Crippen LogP contribution in [-0.4, -0.2) is 42.5 Å². The van der Waals surface area contributed by atoms with E-state index in [0.717, 1.165) is 31.2 Å². The topological polar surface area (TPSA) is 44.4 Å². The Balaban J connectivity index is 1.41. The Labute approximate surface area is 124 Å². The maximum atomic E-state index is 11.9. The average molecular weight is 294 g/mol. The van der Waals surface area contributed by atoms with Crippen LogP contribution in [-0.2, 0) is 4.79 Å². The van der Waals surface area contributed by atoms with Crippen molar-refractivity contribution >= 4 is 23.2 Å². The van der Waals surface area contributed by atoms with Gasteiger partial charge in [-0.3, -0.25) is 9.69 Å². The molecule has 1 aliphatic carbocycles. The molecule has 0 spiro atoms. The van der Waals surface area contributed by atoms with E-state index in [4.69, 9.17) is 11.6 Å². The van der Waals surface area contributed by atoms with Crippen LogP contribution in [0.1, 0.15) is 19.3 Å². The molecule has 1 aromatic rings. The Bertz CT molecular complexity index is 490. The minimum Gasteiger partial charge on any atom is -0.325 e. The number of nitrogens with zero attached hydrogens (tertiary/aromatic N) is 1. The fraction of sp³-hybridized carbons (Fsp3) is 0.533. The average Bonchev–Trinajstić information content (AvgIpc) is 3.16. The van der Waals surface area contributed by atoms with Crippen molar-refractivity contribution in [1.29, 1.82) is 0 Å². The summed E-state index contributed by atoms with van der Waals surface area (Å²) in [5.74, 6) is -0.0165. The van der Waals surface area contributed by atoms with E-state index in [1.165, 1.54) is 12.8 Å². The maximum Gasteiger partial charge on any atom is 0.238 e. The molecule has 20 heavy (non-hydrogen) atoms. The number of rotatable bonds is 5. The van der Waals surface area contributed by atoms with Crippen LogP contribution in [0.2, 0.25) is 5.02 Å². The van der Waals surface area contributed by atoms with Gasteiger partial charge in [-0.2, -0.15) is 0 Å². The van der Waals surface area contributed by atoms with E-state index in [2.05, 4.69) is 15.5 Å². The van der Waals surface area contributed by atoms with Crippen LogP contribution in [0.25, 0.3) is 0 Å². The highest BCUT2D eigenvalue weighted by Gasteiger charge is 2.34. The van der Waals surface area contributed by atoms with Crippen LogP contribution >= 0.6 is 11.6 Å². The molecule has 2 fully saturated rings. The fourth-order valence-corrected chi connectivity index (χ4v) is 2.92. The van der Waals surface area contributed by atoms with Gasteiger partial charge in [-0.15, -0.1) is 0 Å². The normalized spacial score (nSPS) is 22.9. The molecule has 1 atom stereocenters. The third kappa shape index (κ3) is 3.72. The first-order valence-corrected chi connectivity index (χ1v) is 7.61. The zero-order valence-electron chi connectivity index (χ0n) is 11.4. The largest absolute Gasteiger partial charge is 0.325 e. The number of likely N-dealkylation sites (tertiary alicyclic amines) is 1. The molecule has 2 aliphatic rings. The predicted octanol–water partition coefficient (Wildman–Crippen LogP) is 2.10. The molecule has 0 radical (unpaired) electrons. The highest BCUT2D eigenvalue weighted by Crippen LogP contribution is 2.29. The van der Waals surface area contributed by atoms with Crippen LogP contribution in [0.15, 0.2) is 24.3 Å². The summed E-state index contributed by atoms with van der Waals surface area (Å²) in [4.78, 5) is 14.4. The van der Waals surface area contributed by atoms with Crippen molar-refractivity contribution in [3.63, 3.8) is 0 Å². The van der Waals surface area contributed by atoms with E-state index in [1.807, 2.05) is 12.1 Å². The lowest BCUT2D eigenvalue weighted by atomic mass is 10.2. The molecular weight excluding hydrogens is 274 g/mol. The molecule has 4 nitrogen and oxygen atoms in total. The van der Waals surface area contributed by atoms with Crippen molar-refractivity contribution < 1.29 is 4.79 Å². The summed E-state index contributed by atoms with van der Waals surface area (Å²) in [5, 5.41) is 6.83. The minimum absolute atomic E-state index is 0.0165. The van der Waals surface area contributed by atoms with Gasteiger partial charge in [-0.25, -0.2) is 0 Å². The molecule has 1 saturated carbocycles. The van der Waals surface area contributed by atoms with Gasteiger partial charge in [-0.05, 0) is 37.5 Å². The van der Waals surface area contributed by atoms with E-state index in [1.54, 1.807) is 12.1 Å². The van der Waals surface area contributed by atoms with Crippen molar-refractivity contribution in [1.82, 2.24) is 10.2 Å². The Kier molecular flexibility index (Phi) is 4.24. The Morgan fingerprint density at radius 1 is 1.35 bits per heavy atom. The monoisotopic (exact) mass is 293 g/mol. The molecule has 3 rings (SSSR count). The highest BCUT2D eigenvalue weighted by atomic mass is 35.5. The Morgan fingerprint density at radius 3 is 2.95 bits per heavy atom. The van der Waals surface area contributed by atoms with Crippen LogP contribution in [0.4, 0.5) is 5.69 Å². The zero-order chi connectivity index (χ0) is 13.9. The molecule has 1 amide bonds. The van der Waals surface area contributed by atoms with Crippen LogP contribution < -0.4 is 10.6 Å². The lowest BCUT2D eigenvalue weighted by Crippen LogP contribution is -2.38. The lowest BCUT2D eigenvalue weighted by Gasteiger charge is -2.15. The molecule has 1 saturated heterocycles. The summed E-state index contributed by atoms with van der Waals surface area (Å²) < 4.78 is 0. The lowest BCUT2D eigenvalue weighted by molar-refractivity contribution is -0.115. The second kappa shape index (κ2) is 6.12. The second-order valence-corrected chi connectivity index (χ2v) is 6.09. The van der Waals surface area contributed by atoms with Gasteiger partial charge >= 0.3 is 0 Å². The standard InChI is InChI=1S/C15H20ClN3O/c16-11-2-1-3-12(8-11)18-15(20)9-17-13-6-7-19(10-13)14-4-5-14/h1-3,8,13-14,17H,4-7,9-10H2,(H,18,20). The van der Waals surface area contributed by atoms with Gasteiger partial charge in [0.15, 0.2) is 0 Å². The molecule has 2 N–H and O–H groups in total. The fourth-order valence-electron chi connectivity index (χ4n) is 2.73. The first-order chi connectivity index (χ1) is 9.70. The second-order valence-electron chi connectivity index (χ2n) is 5.65. The molecular formula is C15H20ClN3O. The van der Waals surface area contributed by atoms with Crippen LogP contribution in [0, 0.1) is 0 Å². The maximum absolute atomic E-state index is 11.9. The van der Waals surface area contributed by atoms with Crippen molar-refractivity contribution in [3.05, 3.63) is 29.3 Å². The Hall–Kier alpha value is -1.10. The number of hydrogen-bond donors (Lipinski definition) is 2. The molecule has 0 aromatic heterocycles. The Morgan fingerprint density at radius 2 is 2.20 bits per heavy atom.